The standard InChI is InChI=1S/C16H18N2O4S/c1-11-10-23-16(20)18(11)6-2-3-15(19)17-12-4-5-13-14(9-12)22-8-7-21-13/h4-5,9-10H,2-3,6-8H2,1H3,(H,17,19). The fraction of sp³-hybridized carbons (Fsp3) is 0.375. The van der Waals surface area contributed by atoms with Gasteiger partial charge in [0.25, 0.3) is 0 Å². The molecular weight excluding hydrogens is 316 g/mol. The number of nitrogens with zero attached hydrogens (tertiary/aromatic N) is 1. The van der Waals surface area contributed by atoms with Gasteiger partial charge in [0.15, 0.2) is 11.5 Å². The number of amides is 1. The summed E-state index contributed by atoms with van der Waals surface area (Å²) >= 11 is 1.19. The number of carbonyl (C=O) groups excluding carboxylic acids is 1. The first-order chi connectivity index (χ1) is 11.1. The van der Waals surface area contributed by atoms with Gasteiger partial charge in [-0.1, -0.05) is 11.3 Å². The van der Waals surface area contributed by atoms with Gasteiger partial charge >= 0.3 is 4.87 Å². The maximum absolute atomic E-state index is 12.0. The molecule has 1 amide bonds. The Morgan fingerprint density at radius 3 is 2.83 bits per heavy atom. The minimum atomic E-state index is -0.0809. The third-order valence-corrected chi connectivity index (χ3v) is 4.47. The Morgan fingerprint density at radius 2 is 2.09 bits per heavy atom. The number of aromatic nitrogens is 1. The van der Waals surface area contributed by atoms with Crippen molar-refractivity contribution in [3.63, 3.8) is 0 Å². The molecule has 0 spiro atoms. The smallest absolute Gasteiger partial charge is 0.307 e. The maximum Gasteiger partial charge on any atom is 0.307 e. The van der Waals surface area contributed by atoms with Crippen molar-refractivity contribution in [2.75, 3.05) is 18.5 Å². The van der Waals surface area contributed by atoms with E-state index in [9.17, 15) is 9.59 Å². The van der Waals surface area contributed by atoms with E-state index in [1.807, 2.05) is 12.3 Å². The van der Waals surface area contributed by atoms with Crippen LogP contribution in [0.25, 0.3) is 0 Å². The zero-order valence-corrected chi connectivity index (χ0v) is 13.6. The van der Waals surface area contributed by atoms with Crippen molar-refractivity contribution in [3.8, 4) is 11.5 Å². The van der Waals surface area contributed by atoms with E-state index < -0.39 is 0 Å². The number of aryl methyl sites for hydroxylation is 1. The number of nitrogens with one attached hydrogen (secondary N) is 1. The average Bonchev–Trinajstić information content (AvgIpc) is 2.86. The van der Waals surface area contributed by atoms with Crippen LogP contribution in [0.4, 0.5) is 5.69 Å². The lowest BCUT2D eigenvalue weighted by Crippen LogP contribution is -2.18. The van der Waals surface area contributed by atoms with Crippen LogP contribution in [0.15, 0.2) is 28.4 Å². The summed E-state index contributed by atoms with van der Waals surface area (Å²) in [6.07, 6.45) is 0.976. The van der Waals surface area contributed by atoms with Gasteiger partial charge in [0.05, 0.1) is 0 Å². The van der Waals surface area contributed by atoms with Crippen LogP contribution in [0.2, 0.25) is 0 Å². The first kappa shape index (κ1) is 15.6. The van der Waals surface area contributed by atoms with Gasteiger partial charge in [-0.3, -0.25) is 9.59 Å². The molecule has 0 radical (unpaired) electrons. The minimum absolute atomic E-state index is 0.0229. The highest BCUT2D eigenvalue weighted by Gasteiger charge is 2.13. The van der Waals surface area contributed by atoms with Gasteiger partial charge in [0.2, 0.25) is 5.91 Å². The lowest BCUT2D eigenvalue weighted by atomic mass is 10.2. The van der Waals surface area contributed by atoms with Crippen molar-refractivity contribution in [1.82, 2.24) is 4.57 Å². The molecular formula is C16H18N2O4S. The highest BCUT2D eigenvalue weighted by atomic mass is 32.1. The zero-order chi connectivity index (χ0) is 16.2. The molecule has 7 heteroatoms. The molecule has 6 nitrogen and oxygen atoms in total. The summed E-state index contributed by atoms with van der Waals surface area (Å²) in [7, 11) is 0. The molecule has 0 bridgehead atoms. The Morgan fingerprint density at radius 1 is 1.30 bits per heavy atom. The second-order valence-electron chi connectivity index (χ2n) is 5.30. The van der Waals surface area contributed by atoms with Crippen molar-refractivity contribution in [3.05, 3.63) is 38.9 Å². The normalized spacial score (nSPS) is 12.9. The molecule has 2 aromatic rings. The summed E-state index contributed by atoms with van der Waals surface area (Å²) < 4.78 is 12.6. The monoisotopic (exact) mass is 334 g/mol. The molecule has 1 aliphatic rings. The summed E-state index contributed by atoms with van der Waals surface area (Å²) in [6, 6.07) is 5.34. The quantitative estimate of drug-likeness (QED) is 0.912. The summed E-state index contributed by atoms with van der Waals surface area (Å²) in [5, 5.41) is 4.67. The second-order valence-corrected chi connectivity index (χ2v) is 6.13. The Labute approximate surface area is 137 Å². The number of benzene rings is 1. The van der Waals surface area contributed by atoms with E-state index in [0.717, 1.165) is 5.69 Å². The second kappa shape index (κ2) is 6.87. The van der Waals surface area contributed by atoms with Gasteiger partial charge in [-0.2, -0.15) is 0 Å². The summed E-state index contributed by atoms with van der Waals surface area (Å²) in [6.45, 7) is 3.51. The molecule has 0 aliphatic carbocycles. The number of thiazole rings is 1. The first-order valence-electron chi connectivity index (χ1n) is 7.48. The predicted octanol–water partition coefficient (Wildman–Crippen LogP) is 2.41. The van der Waals surface area contributed by atoms with E-state index in [2.05, 4.69) is 5.32 Å². The molecule has 0 saturated heterocycles. The molecule has 122 valence electrons. The summed E-state index contributed by atoms with van der Waals surface area (Å²) in [4.78, 5) is 23.6. The minimum Gasteiger partial charge on any atom is -0.486 e. The fourth-order valence-corrected chi connectivity index (χ4v) is 3.18. The lowest BCUT2D eigenvalue weighted by molar-refractivity contribution is -0.116. The van der Waals surface area contributed by atoms with Crippen molar-refractivity contribution in [1.29, 1.82) is 0 Å². The van der Waals surface area contributed by atoms with Gasteiger partial charge in [0, 0.05) is 35.8 Å². The lowest BCUT2D eigenvalue weighted by Gasteiger charge is -2.19. The predicted molar refractivity (Wildman–Crippen MR) is 88.6 cm³/mol. The highest BCUT2D eigenvalue weighted by molar-refractivity contribution is 7.07. The number of anilines is 1. The van der Waals surface area contributed by atoms with Crippen molar-refractivity contribution < 1.29 is 14.3 Å². The van der Waals surface area contributed by atoms with E-state index >= 15 is 0 Å². The third kappa shape index (κ3) is 3.73. The van der Waals surface area contributed by atoms with Crippen molar-refractivity contribution in [2.45, 2.75) is 26.3 Å². The molecule has 0 unspecified atom stereocenters. The third-order valence-electron chi connectivity index (χ3n) is 3.59. The van der Waals surface area contributed by atoms with Gasteiger partial charge in [-0.05, 0) is 25.5 Å². The van der Waals surface area contributed by atoms with Gasteiger partial charge in [0.1, 0.15) is 13.2 Å². The molecule has 1 N–H and O–H groups in total. The molecule has 0 atom stereocenters. The number of hydrogen-bond acceptors (Lipinski definition) is 5. The van der Waals surface area contributed by atoms with Crippen LogP contribution in [0.5, 0.6) is 11.5 Å². The topological polar surface area (TPSA) is 69.6 Å². The van der Waals surface area contributed by atoms with Gasteiger partial charge in [-0.25, -0.2) is 0 Å². The molecule has 23 heavy (non-hydrogen) atoms. The number of hydrogen-bond donors (Lipinski definition) is 1. The SMILES string of the molecule is Cc1csc(=O)n1CCCC(=O)Nc1ccc2c(c1)OCCO2. The van der Waals surface area contributed by atoms with Crippen LogP contribution in [-0.4, -0.2) is 23.7 Å². The molecule has 0 fully saturated rings. The van der Waals surface area contributed by atoms with E-state index in [-0.39, 0.29) is 10.8 Å². The Kier molecular flexibility index (Phi) is 4.66. The van der Waals surface area contributed by atoms with Crippen LogP contribution in [0.3, 0.4) is 0 Å². The number of carbonyl (C=O) groups is 1. The van der Waals surface area contributed by atoms with Crippen LogP contribution in [-0.2, 0) is 11.3 Å². The Balaban J connectivity index is 1.52. The van der Waals surface area contributed by atoms with Crippen molar-refractivity contribution >= 4 is 22.9 Å². The van der Waals surface area contributed by atoms with E-state index in [0.29, 0.717) is 49.8 Å². The molecule has 3 rings (SSSR count). The molecule has 1 aliphatic heterocycles. The van der Waals surface area contributed by atoms with Gasteiger partial charge in [-0.15, -0.1) is 0 Å². The van der Waals surface area contributed by atoms with E-state index in [1.165, 1.54) is 11.3 Å². The zero-order valence-electron chi connectivity index (χ0n) is 12.8. The fourth-order valence-electron chi connectivity index (χ4n) is 2.42. The van der Waals surface area contributed by atoms with Crippen LogP contribution >= 0.6 is 11.3 Å². The largest absolute Gasteiger partial charge is 0.486 e. The number of rotatable bonds is 5. The first-order valence-corrected chi connectivity index (χ1v) is 8.36. The summed E-state index contributed by atoms with van der Waals surface area (Å²) in [5.74, 6) is 1.26. The molecule has 0 saturated carbocycles. The Bertz CT molecular complexity index is 766. The molecule has 1 aromatic heterocycles. The number of ether oxygens (including phenoxy) is 2. The summed E-state index contributed by atoms with van der Waals surface area (Å²) in [5.41, 5.74) is 1.62. The molecule has 1 aromatic carbocycles. The Hall–Kier alpha value is -2.28. The van der Waals surface area contributed by atoms with Crippen LogP contribution in [0.1, 0.15) is 18.5 Å². The highest BCUT2D eigenvalue weighted by Crippen LogP contribution is 2.32. The van der Waals surface area contributed by atoms with Crippen LogP contribution < -0.4 is 19.7 Å². The van der Waals surface area contributed by atoms with Crippen LogP contribution in [0, 0.1) is 6.92 Å². The van der Waals surface area contributed by atoms with Gasteiger partial charge < -0.3 is 19.4 Å². The maximum atomic E-state index is 12.0. The average molecular weight is 334 g/mol. The van der Waals surface area contributed by atoms with E-state index in [1.54, 1.807) is 22.8 Å². The van der Waals surface area contributed by atoms with Crippen molar-refractivity contribution in [2.24, 2.45) is 0 Å². The number of fused-ring (bicyclic) bond motifs is 1. The molecule has 2 heterocycles. The van der Waals surface area contributed by atoms with E-state index in [4.69, 9.17) is 9.47 Å².